The molecule has 0 aliphatic carbocycles. The summed E-state index contributed by atoms with van der Waals surface area (Å²) in [6, 6.07) is 0. The van der Waals surface area contributed by atoms with Gasteiger partial charge in [-0.25, -0.2) is 0 Å². The van der Waals surface area contributed by atoms with E-state index in [-0.39, 0.29) is 22.9 Å². The normalized spacial score (nSPS) is 31.8. The minimum atomic E-state index is -1.03. The average Bonchev–Trinajstić information content (AvgIpc) is 2.33. The van der Waals surface area contributed by atoms with Crippen molar-refractivity contribution < 1.29 is 13.7 Å². The van der Waals surface area contributed by atoms with E-state index in [2.05, 4.69) is 0 Å². The molecule has 0 amide bonds. The zero-order chi connectivity index (χ0) is 9.14. The Labute approximate surface area is 74.9 Å². The van der Waals surface area contributed by atoms with Crippen molar-refractivity contribution in [2.75, 3.05) is 12.4 Å². The van der Waals surface area contributed by atoms with Gasteiger partial charge < -0.3 is 4.74 Å². The van der Waals surface area contributed by atoms with Crippen molar-refractivity contribution >= 4 is 16.6 Å². The van der Waals surface area contributed by atoms with Crippen molar-refractivity contribution in [3.8, 4) is 0 Å². The van der Waals surface area contributed by atoms with Gasteiger partial charge in [-0.3, -0.25) is 9.00 Å². The Bertz CT molecular complexity index is 202. The topological polar surface area (TPSA) is 43.4 Å². The van der Waals surface area contributed by atoms with Gasteiger partial charge >= 0.3 is 0 Å². The lowest BCUT2D eigenvalue weighted by molar-refractivity contribution is -0.114. The minimum Gasteiger partial charge on any atom is -0.377 e. The van der Waals surface area contributed by atoms with E-state index in [0.29, 0.717) is 6.61 Å². The second-order valence-corrected chi connectivity index (χ2v) is 4.79. The summed E-state index contributed by atoms with van der Waals surface area (Å²) in [5.74, 6) is 0.172. The fourth-order valence-electron chi connectivity index (χ4n) is 1.36. The lowest BCUT2D eigenvalue weighted by Gasteiger charge is -2.11. The number of rotatable bonds is 3. The molecule has 1 saturated heterocycles. The molecule has 0 aromatic heterocycles. The van der Waals surface area contributed by atoms with Gasteiger partial charge in [-0.05, 0) is 20.3 Å². The van der Waals surface area contributed by atoms with E-state index in [1.807, 2.05) is 6.92 Å². The largest absolute Gasteiger partial charge is 0.377 e. The quantitative estimate of drug-likeness (QED) is 0.651. The molecule has 12 heavy (non-hydrogen) atoms. The van der Waals surface area contributed by atoms with E-state index in [9.17, 15) is 9.00 Å². The Morgan fingerprint density at radius 2 is 2.33 bits per heavy atom. The zero-order valence-corrected chi connectivity index (χ0v) is 8.23. The second kappa shape index (κ2) is 4.14. The molecule has 1 rings (SSSR count). The molecule has 4 heteroatoms. The highest BCUT2D eigenvalue weighted by Gasteiger charge is 2.29. The molecule has 1 heterocycles. The Hall–Kier alpha value is -0.220. The fourth-order valence-corrected chi connectivity index (χ4v) is 2.84. The molecular weight excluding hydrogens is 176 g/mol. The van der Waals surface area contributed by atoms with Gasteiger partial charge in [0.25, 0.3) is 0 Å². The van der Waals surface area contributed by atoms with Crippen LogP contribution < -0.4 is 0 Å². The number of hydrogen-bond acceptors (Lipinski definition) is 3. The van der Waals surface area contributed by atoms with Gasteiger partial charge in [0.15, 0.2) is 0 Å². The average molecular weight is 190 g/mol. The van der Waals surface area contributed by atoms with Crippen LogP contribution in [0.15, 0.2) is 0 Å². The molecule has 0 N–H and O–H groups in total. The third kappa shape index (κ3) is 2.38. The lowest BCUT2D eigenvalue weighted by atomic mass is 10.3. The van der Waals surface area contributed by atoms with Crippen LogP contribution in [0.2, 0.25) is 0 Å². The molecule has 3 atom stereocenters. The number of carbonyl (C=O) groups excluding carboxylic acids is 1. The van der Waals surface area contributed by atoms with Crippen LogP contribution in [0.5, 0.6) is 0 Å². The van der Waals surface area contributed by atoms with Crippen molar-refractivity contribution in [1.82, 2.24) is 0 Å². The second-order valence-electron chi connectivity index (χ2n) is 3.13. The molecule has 1 aliphatic heterocycles. The van der Waals surface area contributed by atoms with Gasteiger partial charge in [0.05, 0.1) is 17.1 Å². The van der Waals surface area contributed by atoms with E-state index >= 15 is 0 Å². The van der Waals surface area contributed by atoms with Gasteiger partial charge in [-0.15, -0.1) is 0 Å². The van der Waals surface area contributed by atoms with E-state index in [0.717, 1.165) is 6.42 Å². The molecule has 0 radical (unpaired) electrons. The van der Waals surface area contributed by atoms with E-state index in [1.165, 1.54) is 6.92 Å². The molecule has 0 spiro atoms. The van der Waals surface area contributed by atoms with Crippen LogP contribution in [-0.4, -0.2) is 33.7 Å². The fraction of sp³-hybridized carbons (Fsp3) is 0.875. The van der Waals surface area contributed by atoms with Crippen LogP contribution in [0.1, 0.15) is 20.3 Å². The van der Waals surface area contributed by atoms with E-state index in [4.69, 9.17) is 4.74 Å². The Kier molecular flexibility index (Phi) is 3.40. The number of Topliss-reactive ketones (excluding diaryl/α,β-unsaturated/α-hetero) is 1. The van der Waals surface area contributed by atoms with Crippen molar-refractivity contribution in [2.24, 2.45) is 0 Å². The molecule has 1 fully saturated rings. The first-order chi connectivity index (χ1) is 5.61. The minimum absolute atomic E-state index is 0.00701. The van der Waals surface area contributed by atoms with Crippen LogP contribution in [0.4, 0.5) is 0 Å². The van der Waals surface area contributed by atoms with Crippen molar-refractivity contribution in [1.29, 1.82) is 0 Å². The molecule has 0 aromatic carbocycles. The summed E-state index contributed by atoms with van der Waals surface area (Å²) >= 11 is 0. The number of carbonyl (C=O) groups is 1. The first kappa shape index (κ1) is 9.86. The van der Waals surface area contributed by atoms with Crippen molar-refractivity contribution in [2.45, 2.75) is 31.6 Å². The van der Waals surface area contributed by atoms with Gasteiger partial charge in [0.1, 0.15) is 5.78 Å². The maximum Gasteiger partial charge on any atom is 0.142 e. The van der Waals surface area contributed by atoms with Crippen LogP contribution in [0.3, 0.4) is 0 Å². The maximum atomic E-state index is 11.5. The monoisotopic (exact) mass is 190 g/mol. The Morgan fingerprint density at radius 3 is 2.75 bits per heavy atom. The highest BCUT2D eigenvalue weighted by molar-refractivity contribution is 7.86. The van der Waals surface area contributed by atoms with Crippen LogP contribution in [-0.2, 0) is 20.3 Å². The van der Waals surface area contributed by atoms with E-state index in [1.54, 1.807) is 0 Å². The van der Waals surface area contributed by atoms with Gasteiger partial charge in [-0.1, -0.05) is 0 Å². The summed E-state index contributed by atoms with van der Waals surface area (Å²) in [7, 11) is -1.03. The van der Waals surface area contributed by atoms with Gasteiger partial charge in [0, 0.05) is 17.4 Å². The molecular formula is C8H14O3S. The van der Waals surface area contributed by atoms with Gasteiger partial charge in [-0.2, -0.15) is 0 Å². The standard InChI is InChI=1S/C8H14O3S/c1-6(9)5-12(10)8-3-4-11-7(8)2/h7-8H,3-5H2,1-2H3. The maximum absolute atomic E-state index is 11.5. The molecule has 1 aliphatic rings. The van der Waals surface area contributed by atoms with Crippen LogP contribution in [0.25, 0.3) is 0 Å². The number of hydrogen-bond donors (Lipinski definition) is 0. The Morgan fingerprint density at radius 1 is 1.67 bits per heavy atom. The summed E-state index contributed by atoms with van der Waals surface area (Å²) < 4.78 is 16.7. The summed E-state index contributed by atoms with van der Waals surface area (Å²) in [5.41, 5.74) is 0. The molecule has 0 saturated carbocycles. The highest BCUT2D eigenvalue weighted by atomic mass is 32.2. The van der Waals surface area contributed by atoms with Crippen LogP contribution in [0, 0.1) is 0 Å². The highest BCUT2D eigenvalue weighted by Crippen LogP contribution is 2.18. The molecule has 0 bridgehead atoms. The third-order valence-corrected chi connectivity index (χ3v) is 3.98. The zero-order valence-electron chi connectivity index (χ0n) is 7.41. The smallest absolute Gasteiger partial charge is 0.142 e. The van der Waals surface area contributed by atoms with Crippen molar-refractivity contribution in [3.05, 3.63) is 0 Å². The summed E-state index contributed by atoms with van der Waals surface area (Å²) in [6.07, 6.45) is 0.867. The first-order valence-electron chi connectivity index (χ1n) is 4.09. The number of ketones is 1. The molecule has 3 unspecified atom stereocenters. The predicted octanol–water partition coefficient (Wildman–Crippen LogP) is 0.502. The summed E-state index contributed by atoms with van der Waals surface area (Å²) in [6.45, 7) is 4.06. The summed E-state index contributed by atoms with van der Waals surface area (Å²) in [5, 5.41) is 0.0638. The van der Waals surface area contributed by atoms with Gasteiger partial charge in [0.2, 0.25) is 0 Å². The first-order valence-corrected chi connectivity index (χ1v) is 5.47. The molecule has 0 aromatic rings. The Balaban J connectivity index is 2.46. The predicted molar refractivity (Wildman–Crippen MR) is 47.5 cm³/mol. The van der Waals surface area contributed by atoms with E-state index < -0.39 is 10.8 Å². The van der Waals surface area contributed by atoms with Crippen molar-refractivity contribution in [3.63, 3.8) is 0 Å². The third-order valence-electron chi connectivity index (χ3n) is 1.99. The SMILES string of the molecule is CC(=O)CS(=O)C1CCOC1C. The molecule has 70 valence electrons. The van der Waals surface area contributed by atoms with Crippen LogP contribution >= 0.6 is 0 Å². The number of ether oxygens (including phenoxy) is 1. The molecule has 3 nitrogen and oxygen atoms in total. The summed E-state index contributed by atoms with van der Waals surface area (Å²) in [4.78, 5) is 10.7. The lowest BCUT2D eigenvalue weighted by Crippen LogP contribution is -2.26.